The van der Waals surface area contributed by atoms with Crippen LogP contribution in [0.4, 0.5) is 0 Å². The summed E-state index contributed by atoms with van der Waals surface area (Å²) in [5, 5.41) is 2.81. The lowest BCUT2D eigenvalue weighted by atomic mass is 9.89. The fraction of sp³-hybridized carbons (Fsp3) is 0.875. The summed E-state index contributed by atoms with van der Waals surface area (Å²) in [6.07, 6.45) is 1.86. The highest BCUT2D eigenvalue weighted by atomic mass is 16.5. The second-order valence-electron chi connectivity index (χ2n) is 7.74. The summed E-state index contributed by atoms with van der Waals surface area (Å²) in [5.74, 6) is 0.0806. The van der Waals surface area contributed by atoms with Crippen LogP contribution in [-0.4, -0.2) is 31.4 Å². The maximum absolute atomic E-state index is 11.6. The van der Waals surface area contributed by atoms with Gasteiger partial charge in [0.15, 0.2) is 0 Å². The minimum atomic E-state index is -0.123. The molecule has 0 heterocycles. The molecule has 0 aliphatic carbocycles. The number of ether oxygens (including phenoxy) is 1. The number of rotatable bonds is 8. The molecule has 4 heteroatoms. The minimum Gasteiger partial charge on any atom is -0.371 e. The lowest BCUT2D eigenvalue weighted by Gasteiger charge is -2.18. The van der Waals surface area contributed by atoms with Crippen LogP contribution in [0.25, 0.3) is 0 Å². The Labute approximate surface area is 123 Å². The number of hydrogen-bond acceptors (Lipinski definition) is 3. The summed E-state index contributed by atoms with van der Waals surface area (Å²) >= 11 is 0. The highest BCUT2D eigenvalue weighted by Gasteiger charge is 2.14. The Morgan fingerprint density at radius 1 is 0.950 bits per heavy atom. The molecule has 0 unspecified atom stereocenters. The van der Waals surface area contributed by atoms with Crippen molar-refractivity contribution < 1.29 is 14.3 Å². The van der Waals surface area contributed by atoms with Gasteiger partial charge in [0.25, 0.3) is 0 Å². The van der Waals surface area contributed by atoms with Crippen molar-refractivity contribution in [3.63, 3.8) is 0 Å². The fourth-order valence-corrected chi connectivity index (χ4v) is 1.41. The predicted octanol–water partition coefficient (Wildman–Crippen LogP) is 2.95. The van der Waals surface area contributed by atoms with Crippen molar-refractivity contribution in [3.05, 3.63) is 0 Å². The SMILES string of the molecule is CC(C)(C)CCC(=O)CCOCC(=O)NCC(C)(C)C. The highest BCUT2D eigenvalue weighted by molar-refractivity contribution is 5.79. The predicted molar refractivity (Wildman–Crippen MR) is 81.6 cm³/mol. The molecule has 0 aliphatic rings. The van der Waals surface area contributed by atoms with Gasteiger partial charge in [0.05, 0.1) is 6.61 Å². The molecule has 0 saturated carbocycles. The van der Waals surface area contributed by atoms with E-state index >= 15 is 0 Å². The van der Waals surface area contributed by atoms with Crippen LogP contribution in [0, 0.1) is 10.8 Å². The first kappa shape index (κ1) is 19.1. The number of nitrogens with one attached hydrogen (secondary N) is 1. The van der Waals surface area contributed by atoms with Crippen molar-refractivity contribution in [1.82, 2.24) is 5.32 Å². The van der Waals surface area contributed by atoms with Gasteiger partial charge in [-0.2, -0.15) is 0 Å². The number of hydrogen-bond donors (Lipinski definition) is 1. The first-order chi connectivity index (χ1) is 8.99. The number of carbonyl (C=O) groups is 2. The quantitative estimate of drug-likeness (QED) is 0.698. The van der Waals surface area contributed by atoms with E-state index in [9.17, 15) is 9.59 Å². The Morgan fingerprint density at radius 2 is 1.55 bits per heavy atom. The molecule has 0 spiro atoms. The molecule has 0 aromatic rings. The maximum atomic E-state index is 11.6. The topological polar surface area (TPSA) is 55.4 Å². The molecule has 0 aliphatic heterocycles. The van der Waals surface area contributed by atoms with Crippen molar-refractivity contribution in [1.29, 1.82) is 0 Å². The van der Waals surface area contributed by atoms with Gasteiger partial charge in [-0.25, -0.2) is 0 Å². The van der Waals surface area contributed by atoms with Crippen LogP contribution in [0.3, 0.4) is 0 Å². The van der Waals surface area contributed by atoms with Gasteiger partial charge in [-0.1, -0.05) is 41.5 Å². The van der Waals surface area contributed by atoms with E-state index in [-0.39, 0.29) is 29.1 Å². The molecule has 0 bridgehead atoms. The van der Waals surface area contributed by atoms with E-state index in [0.29, 0.717) is 26.0 Å². The van der Waals surface area contributed by atoms with Crippen LogP contribution in [0.1, 0.15) is 60.8 Å². The Hall–Kier alpha value is -0.900. The second kappa shape index (κ2) is 8.40. The Kier molecular flexibility index (Phi) is 8.02. The molecule has 0 rings (SSSR count). The molecule has 0 atom stereocenters. The first-order valence-electron chi connectivity index (χ1n) is 7.36. The van der Waals surface area contributed by atoms with E-state index in [2.05, 4.69) is 46.9 Å². The van der Waals surface area contributed by atoms with E-state index in [1.54, 1.807) is 0 Å². The number of amides is 1. The van der Waals surface area contributed by atoms with E-state index < -0.39 is 0 Å². The lowest BCUT2D eigenvalue weighted by molar-refractivity contribution is -0.128. The summed E-state index contributed by atoms with van der Waals surface area (Å²) in [7, 11) is 0. The molecule has 118 valence electrons. The van der Waals surface area contributed by atoms with E-state index in [1.807, 2.05) is 0 Å². The van der Waals surface area contributed by atoms with Crippen molar-refractivity contribution in [2.24, 2.45) is 10.8 Å². The number of Topliss-reactive ketones (excluding diaryl/α,β-unsaturated/α-hetero) is 1. The lowest BCUT2D eigenvalue weighted by Crippen LogP contribution is -2.34. The zero-order valence-electron chi connectivity index (χ0n) is 14.0. The Balaban J connectivity index is 3.61. The van der Waals surface area contributed by atoms with E-state index in [4.69, 9.17) is 4.74 Å². The van der Waals surface area contributed by atoms with Gasteiger partial charge in [0.1, 0.15) is 12.4 Å². The van der Waals surface area contributed by atoms with E-state index in [1.165, 1.54) is 0 Å². The normalized spacial score (nSPS) is 12.3. The van der Waals surface area contributed by atoms with Crippen LogP contribution in [0.15, 0.2) is 0 Å². The second-order valence-corrected chi connectivity index (χ2v) is 7.74. The van der Waals surface area contributed by atoms with Gasteiger partial charge < -0.3 is 10.1 Å². The summed E-state index contributed by atoms with van der Waals surface area (Å²) in [6, 6.07) is 0. The Morgan fingerprint density at radius 3 is 2.05 bits per heavy atom. The third-order valence-corrected chi connectivity index (χ3v) is 2.73. The zero-order chi connectivity index (χ0) is 15.8. The van der Waals surface area contributed by atoms with Gasteiger partial charge in [0, 0.05) is 19.4 Å². The molecule has 20 heavy (non-hydrogen) atoms. The van der Waals surface area contributed by atoms with Crippen LogP contribution >= 0.6 is 0 Å². The molecular weight excluding hydrogens is 254 g/mol. The largest absolute Gasteiger partial charge is 0.371 e. The summed E-state index contributed by atoms with van der Waals surface area (Å²) in [5.41, 5.74) is 0.252. The van der Waals surface area contributed by atoms with Crippen LogP contribution in [0.5, 0.6) is 0 Å². The van der Waals surface area contributed by atoms with Gasteiger partial charge in [-0.15, -0.1) is 0 Å². The Bertz CT molecular complexity index is 279. The van der Waals surface area contributed by atoms with E-state index in [0.717, 1.165) is 6.42 Å². The zero-order valence-corrected chi connectivity index (χ0v) is 14.0. The number of carbonyl (C=O) groups excluding carboxylic acids is 2. The summed E-state index contributed by atoms with van der Waals surface area (Å²) in [6.45, 7) is 13.5. The minimum absolute atomic E-state index is 0.0304. The van der Waals surface area contributed by atoms with Gasteiger partial charge in [-0.05, 0) is 17.3 Å². The molecular formula is C16H31NO3. The monoisotopic (exact) mass is 285 g/mol. The number of ketones is 1. The standard InChI is InChI=1S/C16H31NO3/c1-15(2,3)9-7-13(18)8-10-20-11-14(19)17-12-16(4,5)6/h7-12H2,1-6H3,(H,17,19). The van der Waals surface area contributed by atoms with Gasteiger partial charge in [0.2, 0.25) is 5.91 Å². The van der Waals surface area contributed by atoms with Crippen molar-refractivity contribution in [2.75, 3.05) is 19.8 Å². The molecule has 0 saturated heterocycles. The fourth-order valence-electron chi connectivity index (χ4n) is 1.41. The van der Waals surface area contributed by atoms with Crippen molar-refractivity contribution in [3.8, 4) is 0 Å². The first-order valence-corrected chi connectivity index (χ1v) is 7.36. The van der Waals surface area contributed by atoms with Crippen LogP contribution in [0.2, 0.25) is 0 Å². The summed E-state index contributed by atoms with van der Waals surface area (Å²) in [4.78, 5) is 23.1. The van der Waals surface area contributed by atoms with Crippen LogP contribution in [-0.2, 0) is 14.3 Å². The van der Waals surface area contributed by atoms with Gasteiger partial charge >= 0.3 is 0 Å². The third kappa shape index (κ3) is 13.5. The smallest absolute Gasteiger partial charge is 0.246 e. The average Bonchev–Trinajstić information content (AvgIpc) is 2.27. The van der Waals surface area contributed by atoms with Crippen LogP contribution < -0.4 is 5.32 Å². The maximum Gasteiger partial charge on any atom is 0.246 e. The third-order valence-electron chi connectivity index (χ3n) is 2.73. The molecule has 0 aromatic heterocycles. The molecule has 0 radical (unpaired) electrons. The molecule has 1 amide bonds. The average molecular weight is 285 g/mol. The summed E-state index contributed by atoms with van der Waals surface area (Å²) < 4.78 is 5.23. The van der Waals surface area contributed by atoms with Crippen molar-refractivity contribution >= 4 is 11.7 Å². The molecule has 0 aromatic carbocycles. The molecule has 1 N–H and O–H groups in total. The molecule has 4 nitrogen and oxygen atoms in total. The highest BCUT2D eigenvalue weighted by Crippen LogP contribution is 2.20. The van der Waals surface area contributed by atoms with Gasteiger partial charge in [-0.3, -0.25) is 9.59 Å². The van der Waals surface area contributed by atoms with Crippen molar-refractivity contribution in [2.45, 2.75) is 60.8 Å². The molecule has 0 fully saturated rings.